The molecule has 1 heterocycles. The lowest BCUT2D eigenvalue weighted by Crippen LogP contribution is -2.39. The highest BCUT2D eigenvalue weighted by molar-refractivity contribution is 5.85. The van der Waals surface area contributed by atoms with Crippen molar-refractivity contribution in [1.82, 2.24) is 14.9 Å². The van der Waals surface area contributed by atoms with Crippen molar-refractivity contribution in [3.8, 4) is 5.75 Å². The highest BCUT2D eigenvalue weighted by Gasteiger charge is 2.20. The summed E-state index contributed by atoms with van der Waals surface area (Å²) in [6.45, 7) is 1.70. The van der Waals surface area contributed by atoms with Gasteiger partial charge in [0.05, 0.1) is 18.5 Å². The molecule has 1 aromatic heterocycles. The number of H-pyrrole nitrogens is 1. The molecule has 1 unspecified atom stereocenters. The molecule has 21 heavy (non-hydrogen) atoms. The van der Waals surface area contributed by atoms with Crippen LogP contribution in [-0.4, -0.2) is 52.2 Å². The lowest BCUT2D eigenvalue weighted by molar-refractivity contribution is -0.136. The van der Waals surface area contributed by atoms with E-state index in [2.05, 4.69) is 9.97 Å². The van der Waals surface area contributed by atoms with Crippen molar-refractivity contribution in [2.45, 2.75) is 13.0 Å². The van der Waals surface area contributed by atoms with Gasteiger partial charge in [0, 0.05) is 13.6 Å². The molecule has 7 heteroatoms. The Bertz CT molecular complexity index is 693. The number of hydrogen-bond donors (Lipinski definition) is 2. The quantitative estimate of drug-likeness (QED) is 0.817. The van der Waals surface area contributed by atoms with Gasteiger partial charge < -0.3 is 19.7 Å². The number of rotatable bonds is 5. The van der Waals surface area contributed by atoms with Crippen LogP contribution in [0.25, 0.3) is 10.9 Å². The molecular weight excluding hydrogens is 274 g/mol. The molecule has 2 N–H and O–H groups in total. The molecular formula is C14H17N3O4. The number of fused-ring (bicyclic) bond motifs is 1. The van der Waals surface area contributed by atoms with Crippen molar-refractivity contribution in [3.63, 3.8) is 0 Å². The number of likely N-dealkylation sites (N-methyl/N-ethyl adjacent to an activating group) is 1. The van der Waals surface area contributed by atoms with E-state index in [0.29, 0.717) is 16.7 Å². The van der Waals surface area contributed by atoms with Crippen molar-refractivity contribution in [3.05, 3.63) is 34.9 Å². The van der Waals surface area contributed by atoms with E-state index >= 15 is 0 Å². The van der Waals surface area contributed by atoms with Crippen LogP contribution in [0.4, 0.5) is 0 Å². The molecule has 0 spiro atoms. The number of aromatic amines is 1. The summed E-state index contributed by atoms with van der Waals surface area (Å²) in [6.07, 6.45) is 0.546. The summed E-state index contributed by atoms with van der Waals surface area (Å²) in [5, 5.41) is 9.16. The lowest BCUT2D eigenvalue weighted by atomic mass is 10.2. The Morgan fingerprint density at radius 3 is 3.00 bits per heavy atom. The van der Waals surface area contributed by atoms with E-state index < -0.39 is 6.10 Å². The first-order chi connectivity index (χ1) is 10.0. The van der Waals surface area contributed by atoms with Crippen LogP contribution in [0.5, 0.6) is 5.75 Å². The molecule has 112 valence electrons. The summed E-state index contributed by atoms with van der Waals surface area (Å²) in [7, 11) is 1.58. The van der Waals surface area contributed by atoms with Crippen LogP contribution in [0.1, 0.15) is 6.92 Å². The predicted molar refractivity (Wildman–Crippen MR) is 77.2 cm³/mol. The molecule has 0 saturated carbocycles. The second-order valence-corrected chi connectivity index (χ2v) is 4.63. The molecule has 2 rings (SSSR count). The summed E-state index contributed by atoms with van der Waals surface area (Å²) in [5.41, 5.74) is 0.179. The van der Waals surface area contributed by atoms with Crippen molar-refractivity contribution in [1.29, 1.82) is 0 Å². The predicted octanol–water partition coefficient (Wildman–Crippen LogP) is 0.141. The van der Waals surface area contributed by atoms with E-state index in [1.54, 1.807) is 32.2 Å². The van der Waals surface area contributed by atoms with Gasteiger partial charge in [0.1, 0.15) is 11.1 Å². The Kier molecular flexibility index (Phi) is 4.54. The maximum Gasteiger partial charge on any atom is 0.263 e. The number of ether oxygens (including phenoxy) is 1. The first-order valence-electron chi connectivity index (χ1n) is 6.53. The van der Waals surface area contributed by atoms with E-state index in [-0.39, 0.29) is 24.6 Å². The summed E-state index contributed by atoms with van der Waals surface area (Å²) in [6, 6.07) is 5.02. The number of nitrogens with zero attached hydrogens (tertiary/aromatic N) is 2. The Balaban J connectivity index is 2.28. The molecule has 1 aromatic carbocycles. The highest BCUT2D eigenvalue weighted by atomic mass is 16.5. The van der Waals surface area contributed by atoms with E-state index in [9.17, 15) is 9.59 Å². The monoisotopic (exact) mass is 291 g/mol. The SMILES string of the molecule is CC(Oc1cccc2nc[nH]c(=O)c12)C(=O)N(C)CCO. The van der Waals surface area contributed by atoms with Crippen molar-refractivity contribution in [2.75, 3.05) is 20.2 Å². The largest absolute Gasteiger partial charge is 0.480 e. The molecule has 0 aliphatic heterocycles. The minimum atomic E-state index is -0.772. The molecule has 0 fully saturated rings. The maximum absolute atomic E-state index is 12.0. The zero-order chi connectivity index (χ0) is 15.4. The molecule has 1 atom stereocenters. The van der Waals surface area contributed by atoms with Gasteiger partial charge in [0.15, 0.2) is 6.10 Å². The first kappa shape index (κ1) is 15.0. The Hall–Kier alpha value is -2.41. The van der Waals surface area contributed by atoms with Crippen LogP contribution in [-0.2, 0) is 4.79 Å². The number of nitrogens with one attached hydrogen (secondary N) is 1. The van der Waals surface area contributed by atoms with Gasteiger partial charge in [-0.25, -0.2) is 4.98 Å². The lowest BCUT2D eigenvalue weighted by Gasteiger charge is -2.21. The second-order valence-electron chi connectivity index (χ2n) is 4.63. The molecule has 0 aliphatic rings. The summed E-state index contributed by atoms with van der Waals surface area (Å²) >= 11 is 0. The van der Waals surface area contributed by atoms with Crippen LogP contribution < -0.4 is 10.3 Å². The normalized spacial score (nSPS) is 12.1. The second kappa shape index (κ2) is 6.36. The van der Waals surface area contributed by atoms with Crippen LogP contribution >= 0.6 is 0 Å². The number of benzene rings is 1. The molecule has 1 amide bonds. The first-order valence-corrected chi connectivity index (χ1v) is 6.53. The molecule has 0 bridgehead atoms. The molecule has 0 aliphatic carbocycles. The number of amides is 1. The van der Waals surface area contributed by atoms with Crippen LogP contribution in [0.3, 0.4) is 0 Å². The maximum atomic E-state index is 12.0. The minimum Gasteiger partial charge on any atom is -0.480 e. The summed E-state index contributed by atoms with van der Waals surface area (Å²) in [5.74, 6) is 0.0291. The van der Waals surface area contributed by atoms with Gasteiger partial charge in [-0.05, 0) is 19.1 Å². The third-order valence-corrected chi connectivity index (χ3v) is 3.09. The fraction of sp³-hybridized carbons (Fsp3) is 0.357. The topological polar surface area (TPSA) is 95.5 Å². The van der Waals surface area contributed by atoms with Gasteiger partial charge in [0.25, 0.3) is 11.5 Å². The van der Waals surface area contributed by atoms with E-state index in [1.807, 2.05) is 0 Å². The van der Waals surface area contributed by atoms with E-state index in [4.69, 9.17) is 9.84 Å². The van der Waals surface area contributed by atoms with Gasteiger partial charge >= 0.3 is 0 Å². The fourth-order valence-corrected chi connectivity index (χ4v) is 2.00. The number of aliphatic hydroxyl groups is 1. The van der Waals surface area contributed by atoms with Gasteiger partial charge in [-0.1, -0.05) is 6.07 Å². The van der Waals surface area contributed by atoms with E-state index in [1.165, 1.54) is 11.2 Å². The average Bonchev–Trinajstić information content (AvgIpc) is 2.47. The summed E-state index contributed by atoms with van der Waals surface area (Å²) in [4.78, 5) is 31.8. The van der Waals surface area contributed by atoms with Crippen molar-refractivity contribution >= 4 is 16.8 Å². The highest BCUT2D eigenvalue weighted by Crippen LogP contribution is 2.21. The summed E-state index contributed by atoms with van der Waals surface area (Å²) < 4.78 is 5.60. The van der Waals surface area contributed by atoms with Crippen molar-refractivity contribution in [2.24, 2.45) is 0 Å². The van der Waals surface area contributed by atoms with Crippen LogP contribution in [0.2, 0.25) is 0 Å². The molecule has 0 radical (unpaired) electrons. The number of carbonyl (C=O) groups is 1. The smallest absolute Gasteiger partial charge is 0.263 e. The third-order valence-electron chi connectivity index (χ3n) is 3.09. The van der Waals surface area contributed by atoms with Crippen molar-refractivity contribution < 1.29 is 14.6 Å². The molecule has 0 saturated heterocycles. The van der Waals surface area contributed by atoms with Gasteiger partial charge in [-0.2, -0.15) is 0 Å². The van der Waals surface area contributed by atoms with E-state index in [0.717, 1.165) is 0 Å². The third kappa shape index (κ3) is 3.19. The minimum absolute atomic E-state index is 0.118. The Morgan fingerprint density at radius 2 is 2.29 bits per heavy atom. The van der Waals surface area contributed by atoms with Crippen LogP contribution in [0, 0.1) is 0 Å². The number of hydrogen-bond acceptors (Lipinski definition) is 5. The van der Waals surface area contributed by atoms with Gasteiger partial charge in [-0.15, -0.1) is 0 Å². The average molecular weight is 291 g/mol. The fourth-order valence-electron chi connectivity index (χ4n) is 2.00. The zero-order valence-electron chi connectivity index (χ0n) is 11.9. The molecule has 7 nitrogen and oxygen atoms in total. The Morgan fingerprint density at radius 1 is 1.52 bits per heavy atom. The van der Waals surface area contributed by atoms with Gasteiger partial charge in [0.2, 0.25) is 0 Å². The standard InChI is InChI=1S/C14H17N3O4/c1-9(14(20)17(2)6-7-18)21-11-5-3-4-10-12(11)13(19)16-8-15-10/h3-5,8-9,18H,6-7H2,1-2H3,(H,15,16,19). The number of carbonyl (C=O) groups excluding carboxylic acids is 1. The van der Waals surface area contributed by atoms with Gasteiger partial charge in [-0.3, -0.25) is 9.59 Å². The number of aromatic nitrogens is 2. The molecule has 2 aromatic rings. The number of aliphatic hydroxyl groups excluding tert-OH is 1. The zero-order valence-corrected chi connectivity index (χ0v) is 11.9. The Labute approximate surface area is 121 Å². The van der Waals surface area contributed by atoms with Crippen LogP contribution in [0.15, 0.2) is 29.3 Å².